The van der Waals surface area contributed by atoms with Crippen molar-refractivity contribution in [3.05, 3.63) is 30.3 Å². The van der Waals surface area contributed by atoms with E-state index in [0.29, 0.717) is 0 Å². The molecule has 0 amide bonds. The van der Waals surface area contributed by atoms with Gasteiger partial charge in [0.25, 0.3) is 0 Å². The van der Waals surface area contributed by atoms with E-state index in [1.807, 2.05) is 0 Å². The molecule has 1 rings (SSSR count). The maximum Gasteiger partial charge on any atom is -0.00452 e. The Bertz CT molecular complexity index is 248. The van der Waals surface area contributed by atoms with Gasteiger partial charge in [0.1, 0.15) is 0 Å². The maximum atomic E-state index is 3.82. The van der Waals surface area contributed by atoms with Gasteiger partial charge in [-0.15, -0.1) is 0 Å². The molecule has 0 heterocycles. The van der Waals surface area contributed by atoms with E-state index in [1.54, 1.807) is 0 Å². The Kier molecular flexibility index (Phi) is 7.30. The minimum absolute atomic E-state index is 0.0840. The lowest BCUT2D eigenvalue weighted by Crippen LogP contribution is -1.98. The zero-order chi connectivity index (χ0) is 10.9. The quantitative estimate of drug-likeness (QED) is 0.485. The predicted molar refractivity (Wildman–Crippen MR) is 75.5 cm³/mol. The lowest BCUT2D eigenvalue weighted by Gasteiger charge is -2.09. The van der Waals surface area contributed by atoms with Gasteiger partial charge >= 0.3 is 0 Å². The summed E-state index contributed by atoms with van der Waals surface area (Å²) in [4.78, 5) is 0. The molecular formula is C13H20BrP. The molecule has 0 N–H and O–H groups in total. The van der Waals surface area contributed by atoms with E-state index in [2.05, 4.69) is 52.7 Å². The molecule has 1 atom stereocenters. The van der Waals surface area contributed by atoms with Crippen LogP contribution in [0.1, 0.15) is 39.0 Å². The number of benzene rings is 1. The van der Waals surface area contributed by atoms with Gasteiger partial charge < -0.3 is 0 Å². The molecule has 1 unspecified atom stereocenters. The highest BCUT2D eigenvalue weighted by Crippen LogP contribution is 2.43. The van der Waals surface area contributed by atoms with Crippen LogP contribution in [0.5, 0.6) is 0 Å². The highest BCUT2D eigenvalue weighted by Gasteiger charge is 2.05. The van der Waals surface area contributed by atoms with Crippen LogP contribution >= 0.6 is 22.1 Å². The third kappa shape index (κ3) is 5.68. The summed E-state index contributed by atoms with van der Waals surface area (Å²) < 4.78 is 0. The first-order valence-corrected chi connectivity index (χ1v) is 9.37. The zero-order valence-corrected chi connectivity index (χ0v) is 11.9. The van der Waals surface area contributed by atoms with Crippen LogP contribution in [-0.2, 0) is 0 Å². The van der Waals surface area contributed by atoms with Gasteiger partial charge in [0.2, 0.25) is 0 Å². The van der Waals surface area contributed by atoms with Crippen molar-refractivity contribution in [2.75, 3.05) is 6.16 Å². The SMILES string of the molecule is CCCCCCCP(Br)c1ccccc1. The monoisotopic (exact) mass is 286 g/mol. The molecule has 0 aromatic heterocycles. The predicted octanol–water partition coefficient (Wildman–Crippen LogP) is 5.07. The normalized spacial score (nSPS) is 12.7. The van der Waals surface area contributed by atoms with Crippen molar-refractivity contribution in [1.29, 1.82) is 0 Å². The van der Waals surface area contributed by atoms with E-state index < -0.39 is 0 Å². The highest BCUT2D eigenvalue weighted by atomic mass is 79.9. The van der Waals surface area contributed by atoms with Crippen LogP contribution in [-0.4, -0.2) is 6.16 Å². The van der Waals surface area contributed by atoms with Crippen LogP contribution in [0.2, 0.25) is 0 Å². The van der Waals surface area contributed by atoms with Crippen LogP contribution in [0.25, 0.3) is 0 Å². The summed E-state index contributed by atoms with van der Waals surface area (Å²) in [7, 11) is 0. The minimum Gasteiger partial charge on any atom is -0.0654 e. The van der Waals surface area contributed by atoms with Gasteiger partial charge in [0, 0.05) is 0 Å². The molecule has 0 fully saturated rings. The van der Waals surface area contributed by atoms with Gasteiger partial charge in [-0.2, -0.15) is 0 Å². The first-order chi connectivity index (χ1) is 7.34. The first kappa shape index (κ1) is 13.2. The van der Waals surface area contributed by atoms with Gasteiger partial charge in [0.05, 0.1) is 0 Å². The van der Waals surface area contributed by atoms with Crippen LogP contribution in [0, 0.1) is 0 Å². The van der Waals surface area contributed by atoms with Crippen molar-refractivity contribution in [2.24, 2.45) is 0 Å². The van der Waals surface area contributed by atoms with Crippen LogP contribution in [0.15, 0.2) is 30.3 Å². The Balaban J connectivity index is 2.16. The molecule has 1 aromatic rings. The summed E-state index contributed by atoms with van der Waals surface area (Å²) >= 11 is 3.82. The third-order valence-electron chi connectivity index (χ3n) is 2.49. The molecule has 1 aromatic carbocycles. The molecule has 0 bridgehead atoms. The van der Waals surface area contributed by atoms with Crippen molar-refractivity contribution < 1.29 is 0 Å². The number of unbranched alkanes of at least 4 members (excludes halogenated alkanes) is 4. The van der Waals surface area contributed by atoms with Gasteiger partial charge in [-0.3, -0.25) is 0 Å². The number of rotatable bonds is 7. The minimum atomic E-state index is -0.0840. The molecule has 15 heavy (non-hydrogen) atoms. The van der Waals surface area contributed by atoms with Crippen molar-refractivity contribution in [3.8, 4) is 0 Å². The second kappa shape index (κ2) is 8.30. The summed E-state index contributed by atoms with van der Waals surface area (Å²) in [5, 5.41) is 1.47. The van der Waals surface area contributed by atoms with Gasteiger partial charge in [-0.1, -0.05) is 78.4 Å². The largest absolute Gasteiger partial charge is 0.0654 e. The van der Waals surface area contributed by atoms with E-state index in [1.165, 1.54) is 43.6 Å². The molecule has 84 valence electrons. The fourth-order valence-corrected chi connectivity index (χ4v) is 4.29. The van der Waals surface area contributed by atoms with Crippen LogP contribution in [0.3, 0.4) is 0 Å². The molecule has 0 saturated heterocycles. The smallest absolute Gasteiger partial charge is 0.00452 e. The first-order valence-electron chi connectivity index (χ1n) is 5.83. The second-order valence-electron chi connectivity index (χ2n) is 3.84. The molecule has 2 heteroatoms. The van der Waals surface area contributed by atoms with Crippen molar-refractivity contribution in [2.45, 2.75) is 39.0 Å². The Labute approximate surface area is 103 Å². The fraction of sp³-hybridized carbons (Fsp3) is 0.538. The fourth-order valence-electron chi connectivity index (χ4n) is 1.57. The Morgan fingerprint density at radius 2 is 1.67 bits per heavy atom. The summed E-state index contributed by atoms with van der Waals surface area (Å²) in [6, 6.07) is 10.8. The maximum absolute atomic E-state index is 3.82. The molecule has 0 radical (unpaired) electrons. The highest BCUT2D eigenvalue weighted by molar-refractivity contribution is 9.40. The molecule has 0 aliphatic rings. The van der Waals surface area contributed by atoms with Crippen LogP contribution in [0.4, 0.5) is 0 Å². The molecule has 0 saturated carbocycles. The topological polar surface area (TPSA) is 0 Å². The van der Waals surface area contributed by atoms with E-state index >= 15 is 0 Å². The lowest BCUT2D eigenvalue weighted by atomic mass is 10.2. The summed E-state index contributed by atoms with van der Waals surface area (Å²) in [6.45, 7) is 2.18. The summed E-state index contributed by atoms with van der Waals surface area (Å²) in [5.74, 6) is 0. The van der Waals surface area contributed by atoms with E-state index in [9.17, 15) is 0 Å². The number of halogens is 1. The van der Waals surface area contributed by atoms with Gasteiger partial charge in [0.15, 0.2) is 0 Å². The van der Waals surface area contributed by atoms with E-state index in [0.717, 1.165) is 0 Å². The van der Waals surface area contributed by atoms with E-state index in [-0.39, 0.29) is 6.62 Å². The summed E-state index contributed by atoms with van der Waals surface area (Å²) in [6.07, 6.45) is 8.22. The van der Waals surface area contributed by atoms with Gasteiger partial charge in [-0.25, -0.2) is 0 Å². The molecule has 0 aliphatic carbocycles. The standard InChI is InChI=1S/C13H20BrP/c1-2-3-4-5-9-12-15(14)13-10-7-6-8-11-13/h6-8,10-11H,2-5,9,12H2,1H3. The molecule has 0 aliphatic heterocycles. The average molecular weight is 287 g/mol. The Hall–Kier alpha value is 0.130. The van der Waals surface area contributed by atoms with Gasteiger partial charge in [-0.05, 0) is 24.5 Å². The summed E-state index contributed by atoms with van der Waals surface area (Å²) in [5.41, 5.74) is 0. The Morgan fingerprint density at radius 1 is 1.00 bits per heavy atom. The van der Waals surface area contributed by atoms with Crippen molar-refractivity contribution in [1.82, 2.24) is 0 Å². The number of hydrogen-bond donors (Lipinski definition) is 0. The van der Waals surface area contributed by atoms with Crippen LogP contribution < -0.4 is 5.30 Å². The van der Waals surface area contributed by atoms with E-state index in [4.69, 9.17) is 0 Å². The molecule has 0 spiro atoms. The second-order valence-corrected chi connectivity index (χ2v) is 8.09. The zero-order valence-electron chi connectivity index (χ0n) is 9.45. The van der Waals surface area contributed by atoms with Crippen molar-refractivity contribution >= 4 is 27.4 Å². The third-order valence-corrected chi connectivity index (χ3v) is 6.35. The van der Waals surface area contributed by atoms with Crippen molar-refractivity contribution in [3.63, 3.8) is 0 Å². The molecule has 0 nitrogen and oxygen atoms in total. The average Bonchev–Trinajstić information content (AvgIpc) is 2.30. The lowest BCUT2D eigenvalue weighted by molar-refractivity contribution is 0.659. The Morgan fingerprint density at radius 3 is 2.33 bits per heavy atom. The molecular weight excluding hydrogens is 267 g/mol. The number of hydrogen-bond acceptors (Lipinski definition) is 0.